The predicted octanol–water partition coefficient (Wildman–Crippen LogP) is 19.7. The van der Waals surface area contributed by atoms with Crippen LogP contribution in [0.4, 0.5) is 52.7 Å². The molecular formula is C97H117F12N15O9. The number of methoxy groups -OCH3 is 1. The largest absolute Gasteiger partial charge is 0.494 e. The van der Waals surface area contributed by atoms with Crippen LogP contribution in [0, 0.1) is 93.5 Å². The van der Waals surface area contributed by atoms with E-state index in [2.05, 4.69) is 41.8 Å². The second-order valence-corrected chi connectivity index (χ2v) is 33.3. The van der Waals surface area contributed by atoms with Crippen LogP contribution in [0.3, 0.4) is 0 Å². The highest BCUT2D eigenvalue weighted by atomic mass is 19.3. The predicted molar refractivity (Wildman–Crippen MR) is 486 cm³/mol. The maximum atomic E-state index is 14.5. The number of aryl methyl sites for hydroxylation is 5. The SMILES string of the molecule is C.C.C#Cc1cc(OCc2c(F)cccc2F)c2nc(C)c(C(=O)NCC(C)(N)CCC)n2c1.CCCC(C)(N)CCC(=O)c1c(C)nc2c(OCc3c(F)cccc3F)cc(C(F)F)cn12.CCCC(C)(N)CNC(=O)c1c(C)nc2c(OCc3c(F)ccc(OC)c3F)cc(C)cn12.CCCC(C)(N)CNC(=O)c1c(C)nc2c(OCc3c(F)cccc3F)cc(C(F)F)cn12. The summed E-state index contributed by atoms with van der Waals surface area (Å²) in [6.07, 6.45) is 12.4. The number of alkyl halides is 4. The van der Waals surface area contributed by atoms with E-state index in [-0.39, 0.29) is 144 Å². The Morgan fingerprint density at radius 2 is 0.714 bits per heavy atom. The molecule has 0 aliphatic rings. The van der Waals surface area contributed by atoms with Gasteiger partial charge in [0.05, 0.1) is 52.1 Å². The van der Waals surface area contributed by atoms with Gasteiger partial charge in [-0.1, -0.05) is 92.4 Å². The number of aromatic nitrogens is 8. The molecule has 0 aliphatic carbocycles. The van der Waals surface area contributed by atoms with Crippen LogP contribution < -0.4 is 62.6 Å². The molecule has 11 N–H and O–H groups in total. The lowest BCUT2D eigenvalue weighted by Crippen LogP contribution is -2.47. The molecule has 8 heterocycles. The van der Waals surface area contributed by atoms with Crippen LogP contribution in [-0.4, -0.2) is 110 Å². The number of carbonyl (C=O) groups excluding carboxylic acids is 4. The topological polar surface area (TPSA) is 324 Å². The summed E-state index contributed by atoms with van der Waals surface area (Å²) in [6, 6.07) is 18.0. The molecule has 0 radical (unpaired) electrons. The second-order valence-electron chi connectivity index (χ2n) is 33.3. The van der Waals surface area contributed by atoms with Crippen molar-refractivity contribution in [1.29, 1.82) is 0 Å². The molecule has 24 nitrogen and oxygen atoms in total. The smallest absolute Gasteiger partial charge is 0.270 e. The van der Waals surface area contributed by atoms with E-state index in [1.165, 1.54) is 44.6 Å². The summed E-state index contributed by atoms with van der Waals surface area (Å²) >= 11 is 0. The van der Waals surface area contributed by atoms with Gasteiger partial charge in [-0.25, -0.2) is 72.6 Å². The molecule has 133 heavy (non-hydrogen) atoms. The van der Waals surface area contributed by atoms with Crippen molar-refractivity contribution in [2.45, 2.75) is 231 Å². The molecule has 12 rings (SSSR count). The van der Waals surface area contributed by atoms with Crippen molar-refractivity contribution in [2.24, 2.45) is 22.9 Å². The summed E-state index contributed by atoms with van der Waals surface area (Å²) in [5.41, 5.74) is 25.1. The van der Waals surface area contributed by atoms with E-state index in [1.54, 1.807) is 63.5 Å². The van der Waals surface area contributed by atoms with Crippen LogP contribution in [0.5, 0.6) is 28.7 Å². The molecule has 0 saturated carbocycles. The number of carbonyl (C=O) groups is 4. The standard InChI is InChI=1S/C24H27F4N3O2.C24H30F2N4O3.C24H26F2N4O2.C23H26F4N4O2.2CH4/c1-4-9-24(3,29)10-8-19(32)21-14(2)30-23-20(11-15(22(27)28)12-31(21)23)33-13-16-17(25)6-5-7-18(16)26;1-6-9-24(4,27)13-28-23(31)21-15(3)29-22-19(10-14(2)11-30(21)22)33-12-16-17(25)7-8-18(32-5)20(16)26;1-5-10-24(4,27)14-28-23(31)21-15(3)29-22-20(11-16(6-2)12-30(21)22)32-13-17-18(25)8-7-9-19(17)26;1-4-8-23(3,28)12-29-22(32)19-13(2)30-21-18(9-14(20(26)27)10-31(19)21)33-11-15-16(24)6-5-7-17(15)25;;/h5-7,11-12,22H,4,8-10,13,29H2,1-3H3;7-8,10-11H,6,9,12-13,27H2,1-5H3,(H,28,31);2,7-9,11-12H,5,10,13-14,27H2,1,3-4H3,(H,28,31);5-7,9-10,20H,4,8,11-12,28H2,1-3H3,(H,29,32);2*1H4. The minimum Gasteiger partial charge on any atom is -0.494 e. The number of pyridine rings is 4. The average molecular weight is 1870 g/mol. The van der Waals surface area contributed by atoms with Crippen LogP contribution in [0.1, 0.15) is 257 Å². The summed E-state index contributed by atoms with van der Waals surface area (Å²) in [5, 5.41) is 8.48. The Morgan fingerprint density at radius 1 is 0.414 bits per heavy atom. The number of halogens is 12. The number of hydrogen-bond acceptors (Lipinski definition) is 17. The summed E-state index contributed by atoms with van der Waals surface area (Å²) in [5.74, 6) is -5.08. The first-order valence-corrected chi connectivity index (χ1v) is 42.3. The van der Waals surface area contributed by atoms with Gasteiger partial charge < -0.3 is 62.6 Å². The quantitative estimate of drug-likeness (QED) is 0.0109. The molecule has 0 spiro atoms. The number of Topliss-reactive ketones (excluding diaryl/α,β-unsaturated/α-hetero) is 1. The summed E-state index contributed by atoms with van der Waals surface area (Å²) in [7, 11) is 1.31. The lowest BCUT2D eigenvalue weighted by Gasteiger charge is -2.24. The molecule has 12 aromatic rings. The van der Waals surface area contributed by atoms with Gasteiger partial charge in [0.25, 0.3) is 30.6 Å². The van der Waals surface area contributed by atoms with E-state index in [0.29, 0.717) is 64.8 Å². The Balaban J connectivity index is 0.000000241. The molecule has 8 aromatic heterocycles. The number of rotatable bonds is 36. The summed E-state index contributed by atoms with van der Waals surface area (Å²) < 4.78 is 200. The number of amides is 3. The van der Waals surface area contributed by atoms with Crippen molar-refractivity contribution in [1.82, 2.24) is 53.5 Å². The molecular weight excluding hydrogens is 1750 g/mol. The fraction of sp³-hybridized carbons (Fsp3) is 0.402. The molecule has 4 aromatic carbocycles. The van der Waals surface area contributed by atoms with E-state index < -0.39 is 112 Å². The van der Waals surface area contributed by atoms with Gasteiger partial charge in [-0.2, -0.15) is 0 Å². The van der Waals surface area contributed by atoms with Crippen LogP contribution >= 0.6 is 0 Å². The molecule has 0 bridgehead atoms. The van der Waals surface area contributed by atoms with Gasteiger partial charge in [-0.3, -0.25) is 36.8 Å². The Hall–Kier alpha value is -12.7. The molecule has 0 aliphatic heterocycles. The van der Waals surface area contributed by atoms with E-state index in [0.717, 1.165) is 118 Å². The molecule has 36 heteroatoms. The Bertz CT molecular complexity index is 5920. The normalized spacial score (nSPS) is 13.0. The van der Waals surface area contributed by atoms with Crippen molar-refractivity contribution in [3.63, 3.8) is 0 Å². The van der Waals surface area contributed by atoms with Gasteiger partial charge in [-0.05, 0) is 167 Å². The first-order valence-electron chi connectivity index (χ1n) is 42.3. The number of fused-ring (bicyclic) bond motifs is 4. The Kier molecular flexibility index (Phi) is 37.6. The molecule has 0 fully saturated rings. The van der Waals surface area contributed by atoms with Crippen molar-refractivity contribution in [3.8, 4) is 41.1 Å². The van der Waals surface area contributed by atoms with Crippen molar-refractivity contribution in [2.75, 3.05) is 26.7 Å². The average Bonchev–Trinajstić information content (AvgIpc) is 1.66. The van der Waals surface area contributed by atoms with Gasteiger partial charge in [0.15, 0.2) is 62.9 Å². The highest BCUT2D eigenvalue weighted by Crippen LogP contribution is 2.36. The Labute approximate surface area is 765 Å². The summed E-state index contributed by atoms with van der Waals surface area (Å²) in [4.78, 5) is 69.4. The number of nitrogens with two attached hydrogens (primary N) is 4. The van der Waals surface area contributed by atoms with Crippen LogP contribution in [0.15, 0.2) is 116 Å². The van der Waals surface area contributed by atoms with Crippen LogP contribution in [-0.2, 0) is 26.4 Å². The minimum absolute atomic E-state index is 0. The number of ether oxygens (including phenoxy) is 5. The summed E-state index contributed by atoms with van der Waals surface area (Å²) in [6.45, 7) is 22.8. The second kappa shape index (κ2) is 46.6. The maximum absolute atomic E-state index is 14.5. The third-order valence-electron chi connectivity index (χ3n) is 21.4. The van der Waals surface area contributed by atoms with Gasteiger partial charge in [0.1, 0.15) is 89.9 Å². The third-order valence-corrected chi connectivity index (χ3v) is 21.4. The van der Waals surface area contributed by atoms with E-state index in [9.17, 15) is 71.9 Å². The highest BCUT2D eigenvalue weighted by Gasteiger charge is 2.32. The first-order chi connectivity index (χ1) is 61.8. The van der Waals surface area contributed by atoms with Gasteiger partial charge in [-0.15, -0.1) is 6.42 Å². The third kappa shape index (κ3) is 27.0. The fourth-order valence-corrected chi connectivity index (χ4v) is 14.7. The number of nitrogens with one attached hydrogen (secondary N) is 3. The molecule has 718 valence electrons. The van der Waals surface area contributed by atoms with Crippen LogP contribution in [0.25, 0.3) is 22.6 Å². The zero-order chi connectivity index (χ0) is 96.5. The van der Waals surface area contributed by atoms with Gasteiger partial charge in [0.2, 0.25) is 0 Å². The molecule has 3 amide bonds. The first kappa shape index (κ1) is 107. The van der Waals surface area contributed by atoms with Crippen molar-refractivity contribution >= 4 is 46.1 Å². The highest BCUT2D eigenvalue weighted by molar-refractivity contribution is 5.98. The molecule has 4 unspecified atom stereocenters. The monoisotopic (exact) mass is 1860 g/mol. The van der Waals surface area contributed by atoms with Crippen LogP contribution in [0.2, 0.25) is 0 Å². The number of terminal acetylenes is 1. The number of benzene rings is 4. The number of nitrogens with zero attached hydrogens (tertiary/aromatic N) is 8. The van der Waals surface area contributed by atoms with E-state index in [1.807, 2.05) is 55.4 Å². The number of hydrogen-bond donors (Lipinski definition) is 7. The minimum atomic E-state index is -2.88. The zero-order valence-corrected chi connectivity index (χ0v) is 75.3. The number of imidazole rings is 4. The zero-order valence-electron chi connectivity index (χ0n) is 75.3. The van der Waals surface area contributed by atoms with Gasteiger partial charge >= 0.3 is 0 Å². The van der Waals surface area contributed by atoms with Crippen molar-refractivity contribution in [3.05, 3.63) is 252 Å². The van der Waals surface area contributed by atoms with E-state index >= 15 is 0 Å². The molecule has 4 atom stereocenters. The van der Waals surface area contributed by atoms with E-state index in [4.69, 9.17) is 53.0 Å². The fourth-order valence-electron chi connectivity index (χ4n) is 14.7. The lowest BCUT2D eigenvalue weighted by atomic mass is 9.90. The Morgan fingerprint density at radius 3 is 1.05 bits per heavy atom. The number of ketones is 1. The lowest BCUT2D eigenvalue weighted by molar-refractivity contribution is 0.0929. The van der Waals surface area contributed by atoms with Crippen molar-refractivity contribution < 1.29 is 95.5 Å². The molecule has 0 saturated heterocycles. The van der Waals surface area contributed by atoms with Gasteiger partial charge in [0, 0.05) is 95.8 Å². The maximum Gasteiger partial charge on any atom is 0.270 e.